The van der Waals surface area contributed by atoms with Crippen LogP contribution in [0.1, 0.15) is 31.4 Å². The molecule has 0 radical (unpaired) electrons. The fourth-order valence-corrected chi connectivity index (χ4v) is 2.00. The molecule has 1 aromatic carbocycles. The molecule has 0 aliphatic carbocycles. The summed E-state index contributed by atoms with van der Waals surface area (Å²) in [6.07, 6.45) is 6.63. The van der Waals surface area contributed by atoms with Crippen molar-refractivity contribution in [2.45, 2.75) is 25.8 Å². The highest BCUT2D eigenvalue weighted by Gasteiger charge is 2.14. The number of rotatable bonds is 5. The van der Waals surface area contributed by atoms with Crippen molar-refractivity contribution in [3.8, 4) is 12.3 Å². The van der Waals surface area contributed by atoms with Crippen LogP contribution in [-0.2, 0) is 0 Å². The summed E-state index contributed by atoms with van der Waals surface area (Å²) < 4.78 is 14.5. The number of terminal acetylenes is 1. The minimum Gasteiger partial charge on any atom is -0.310 e. The van der Waals surface area contributed by atoms with Crippen molar-refractivity contribution in [2.24, 2.45) is 0 Å². The number of nitrogens with one attached hydrogen (secondary N) is 1. The molecule has 0 heterocycles. The first kappa shape index (κ1) is 13.2. The van der Waals surface area contributed by atoms with Gasteiger partial charge in [-0.3, -0.25) is 0 Å². The van der Waals surface area contributed by atoms with E-state index in [-0.39, 0.29) is 11.9 Å². The van der Waals surface area contributed by atoms with Gasteiger partial charge in [0.15, 0.2) is 0 Å². The van der Waals surface area contributed by atoms with Crippen LogP contribution in [0.25, 0.3) is 0 Å². The highest BCUT2D eigenvalue weighted by atomic mass is 79.9. The molecule has 16 heavy (non-hydrogen) atoms. The Morgan fingerprint density at radius 2 is 2.31 bits per heavy atom. The number of hydrogen-bond donors (Lipinski definition) is 1. The highest BCUT2D eigenvalue weighted by Crippen LogP contribution is 2.24. The molecule has 1 nitrogen and oxygen atoms in total. The van der Waals surface area contributed by atoms with Crippen LogP contribution < -0.4 is 5.32 Å². The van der Waals surface area contributed by atoms with Gasteiger partial charge in [-0.15, -0.1) is 12.3 Å². The third-order valence-corrected chi connectivity index (χ3v) is 2.85. The van der Waals surface area contributed by atoms with Crippen molar-refractivity contribution >= 4 is 15.9 Å². The summed E-state index contributed by atoms with van der Waals surface area (Å²) in [4.78, 5) is 0. The lowest BCUT2D eigenvalue weighted by Gasteiger charge is -2.18. The van der Waals surface area contributed by atoms with Crippen molar-refractivity contribution in [3.05, 3.63) is 34.1 Å². The van der Waals surface area contributed by atoms with E-state index < -0.39 is 0 Å². The Hall–Kier alpha value is -0.850. The molecule has 0 saturated carbocycles. The minimum atomic E-state index is -0.189. The Labute approximate surface area is 105 Å². The average molecular weight is 284 g/mol. The topological polar surface area (TPSA) is 12.0 Å². The summed E-state index contributed by atoms with van der Waals surface area (Å²) in [7, 11) is 0. The molecule has 86 valence electrons. The van der Waals surface area contributed by atoms with E-state index in [0.717, 1.165) is 17.4 Å². The molecular formula is C13H15BrFN. The van der Waals surface area contributed by atoms with Crippen LogP contribution in [0, 0.1) is 18.2 Å². The second-order valence-electron chi connectivity index (χ2n) is 3.52. The summed E-state index contributed by atoms with van der Waals surface area (Å²) in [5.41, 5.74) is 0.673. The number of halogens is 2. The quantitative estimate of drug-likeness (QED) is 0.814. The van der Waals surface area contributed by atoms with Gasteiger partial charge in [0.1, 0.15) is 5.82 Å². The van der Waals surface area contributed by atoms with Crippen LogP contribution >= 0.6 is 15.9 Å². The van der Waals surface area contributed by atoms with E-state index in [1.165, 1.54) is 6.07 Å². The highest BCUT2D eigenvalue weighted by molar-refractivity contribution is 9.10. The Morgan fingerprint density at radius 3 is 2.94 bits per heavy atom. The van der Waals surface area contributed by atoms with E-state index >= 15 is 0 Å². The normalized spacial score (nSPS) is 12.1. The van der Waals surface area contributed by atoms with Gasteiger partial charge in [-0.2, -0.15) is 0 Å². The van der Waals surface area contributed by atoms with Gasteiger partial charge in [-0.05, 0) is 31.2 Å². The van der Waals surface area contributed by atoms with Crippen LogP contribution in [-0.4, -0.2) is 6.54 Å². The molecule has 0 aliphatic heterocycles. The Kier molecular flexibility index (Phi) is 5.51. The lowest BCUT2D eigenvalue weighted by Crippen LogP contribution is -2.21. The summed E-state index contributed by atoms with van der Waals surface area (Å²) in [6, 6.07) is 4.96. The zero-order valence-electron chi connectivity index (χ0n) is 9.26. The molecule has 1 N–H and O–H groups in total. The summed E-state index contributed by atoms with van der Waals surface area (Å²) in [5, 5.41) is 3.25. The van der Waals surface area contributed by atoms with E-state index in [1.54, 1.807) is 12.1 Å². The monoisotopic (exact) mass is 283 g/mol. The molecule has 0 aromatic heterocycles. The minimum absolute atomic E-state index is 0.0152. The largest absolute Gasteiger partial charge is 0.310 e. The molecule has 0 saturated heterocycles. The van der Waals surface area contributed by atoms with Crippen molar-refractivity contribution < 1.29 is 4.39 Å². The maximum Gasteiger partial charge on any atom is 0.128 e. The maximum atomic E-state index is 13.7. The first-order valence-corrected chi connectivity index (χ1v) is 6.10. The Balaban J connectivity index is 2.91. The molecule has 0 fully saturated rings. The molecule has 1 atom stereocenters. The fourth-order valence-electron chi connectivity index (χ4n) is 1.62. The second-order valence-corrected chi connectivity index (χ2v) is 4.43. The standard InChI is InChI=1S/C13H15BrFN/c1-3-5-6-13(16-4-2)11-9-10(14)7-8-12(11)15/h1,7-9,13,16H,4-6H2,2H3. The Bertz CT molecular complexity index is 384. The van der Waals surface area contributed by atoms with Crippen molar-refractivity contribution in [1.29, 1.82) is 0 Å². The van der Waals surface area contributed by atoms with Crippen LogP contribution in [0.5, 0.6) is 0 Å². The van der Waals surface area contributed by atoms with Crippen LogP contribution in [0.2, 0.25) is 0 Å². The van der Waals surface area contributed by atoms with Gasteiger partial charge < -0.3 is 5.32 Å². The van der Waals surface area contributed by atoms with Gasteiger partial charge in [0.25, 0.3) is 0 Å². The smallest absolute Gasteiger partial charge is 0.128 e. The molecule has 0 aliphatic rings. The second kappa shape index (κ2) is 6.67. The van der Waals surface area contributed by atoms with Crippen molar-refractivity contribution in [2.75, 3.05) is 6.54 Å². The summed E-state index contributed by atoms with van der Waals surface area (Å²) >= 11 is 3.35. The van der Waals surface area contributed by atoms with Gasteiger partial charge in [0, 0.05) is 22.5 Å². The molecule has 1 aromatic rings. The maximum absolute atomic E-state index is 13.7. The third-order valence-electron chi connectivity index (χ3n) is 2.36. The lowest BCUT2D eigenvalue weighted by atomic mass is 10.0. The SMILES string of the molecule is C#CCCC(NCC)c1cc(Br)ccc1F. The third kappa shape index (κ3) is 3.62. The van der Waals surface area contributed by atoms with E-state index in [1.807, 2.05) is 6.92 Å². The van der Waals surface area contributed by atoms with Gasteiger partial charge >= 0.3 is 0 Å². The average Bonchev–Trinajstić information content (AvgIpc) is 2.28. The molecule has 0 bridgehead atoms. The van der Waals surface area contributed by atoms with Crippen molar-refractivity contribution in [3.63, 3.8) is 0 Å². The molecule has 3 heteroatoms. The van der Waals surface area contributed by atoms with Crippen molar-refractivity contribution in [1.82, 2.24) is 5.32 Å². The molecule has 1 unspecified atom stereocenters. The molecule has 0 spiro atoms. The van der Waals surface area contributed by atoms with Crippen LogP contribution in [0.3, 0.4) is 0 Å². The first-order chi connectivity index (χ1) is 7.69. The van der Waals surface area contributed by atoms with Crippen LogP contribution in [0.15, 0.2) is 22.7 Å². The van der Waals surface area contributed by atoms with E-state index in [2.05, 4.69) is 27.2 Å². The molecule has 1 rings (SSSR count). The summed E-state index contributed by atoms with van der Waals surface area (Å²) in [6.45, 7) is 2.79. The Morgan fingerprint density at radius 1 is 1.56 bits per heavy atom. The predicted molar refractivity (Wildman–Crippen MR) is 68.6 cm³/mol. The molecule has 0 amide bonds. The van der Waals surface area contributed by atoms with Gasteiger partial charge in [-0.1, -0.05) is 22.9 Å². The zero-order chi connectivity index (χ0) is 12.0. The zero-order valence-corrected chi connectivity index (χ0v) is 10.8. The number of benzene rings is 1. The number of hydrogen-bond acceptors (Lipinski definition) is 1. The summed E-state index contributed by atoms with van der Waals surface area (Å²) in [5.74, 6) is 2.40. The van der Waals surface area contributed by atoms with E-state index in [9.17, 15) is 4.39 Å². The van der Waals surface area contributed by atoms with E-state index in [0.29, 0.717) is 12.0 Å². The first-order valence-electron chi connectivity index (χ1n) is 5.30. The molecular weight excluding hydrogens is 269 g/mol. The van der Waals surface area contributed by atoms with E-state index in [4.69, 9.17) is 6.42 Å². The lowest BCUT2D eigenvalue weighted by molar-refractivity contribution is 0.490. The predicted octanol–water partition coefficient (Wildman–Crippen LogP) is 3.65. The fraction of sp³-hybridized carbons (Fsp3) is 0.385. The van der Waals surface area contributed by atoms with Gasteiger partial charge in [0.2, 0.25) is 0 Å². The van der Waals surface area contributed by atoms with Crippen LogP contribution in [0.4, 0.5) is 4.39 Å². The van der Waals surface area contributed by atoms with Gasteiger partial charge in [0.05, 0.1) is 0 Å². The van der Waals surface area contributed by atoms with Gasteiger partial charge in [-0.25, -0.2) is 4.39 Å².